The van der Waals surface area contributed by atoms with Gasteiger partial charge < -0.3 is 10.6 Å². The van der Waals surface area contributed by atoms with Crippen LogP contribution in [0.25, 0.3) is 0 Å². The molecule has 0 aliphatic carbocycles. The summed E-state index contributed by atoms with van der Waals surface area (Å²) < 4.78 is 0. The molecule has 0 radical (unpaired) electrons. The van der Waals surface area contributed by atoms with E-state index in [1.807, 2.05) is 23.9 Å². The molecule has 0 aromatic heterocycles. The fourth-order valence-electron chi connectivity index (χ4n) is 3.23. The van der Waals surface area contributed by atoms with E-state index in [0.29, 0.717) is 6.04 Å². The minimum absolute atomic E-state index is 0.203. The molecule has 1 heterocycles. The summed E-state index contributed by atoms with van der Waals surface area (Å²) in [7, 11) is 0. The van der Waals surface area contributed by atoms with Crippen molar-refractivity contribution in [1.29, 1.82) is 5.41 Å². The molecular formula is C19H23N3S. The maximum atomic E-state index is 7.99. The van der Waals surface area contributed by atoms with Crippen LogP contribution in [-0.4, -0.2) is 22.3 Å². The minimum atomic E-state index is 0.203. The molecule has 2 aromatic rings. The highest BCUT2D eigenvalue weighted by atomic mass is 32.2. The zero-order valence-corrected chi connectivity index (χ0v) is 14.0. The van der Waals surface area contributed by atoms with Crippen LogP contribution in [0, 0.1) is 5.41 Å². The van der Waals surface area contributed by atoms with E-state index in [4.69, 9.17) is 11.1 Å². The second-order valence-electron chi connectivity index (χ2n) is 5.93. The second-order valence-corrected chi connectivity index (χ2v) is 7.18. The Bertz CT molecular complexity index is 630. The molecule has 0 bridgehead atoms. The fourth-order valence-corrected chi connectivity index (χ4v) is 4.51. The SMILES string of the molecule is N=C(N)N1C(CCc2ccccc2)CCC1Sc1ccccc1. The van der Waals surface area contributed by atoms with E-state index < -0.39 is 0 Å². The van der Waals surface area contributed by atoms with Crippen molar-refractivity contribution in [2.75, 3.05) is 0 Å². The predicted molar refractivity (Wildman–Crippen MR) is 97.6 cm³/mol. The van der Waals surface area contributed by atoms with E-state index >= 15 is 0 Å². The van der Waals surface area contributed by atoms with Crippen LogP contribution in [0.4, 0.5) is 0 Å². The van der Waals surface area contributed by atoms with Crippen LogP contribution in [-0.2, 0) is 6.42 Å². The zero-order valence-electron chi connectivity index (χ0n) is 13.2. The van der Waals surface area contributed by atoms with Crippen LogP contribution in [0.3, 0.4) is 0 Å². The van der Waals surface area contributed by atoms with E-state index in [2.05, 4.69) is 53.4 Å². The summed E-state index contributed by atoms with van der Waals surface area (Å²) in [6.45, 7) is 0. The van der Waals surface area contributed by atoms with Crippen LogP contribution in [0.5, 0.6) is 0 Å². The molecule has 2 atom stereocenters. The number of hydrogen-bond acceptors (Lipinski definition) is 2. The van der Waals surface area contributed by atoms with Gasteiger partial charge in [-0.05, 0) is 43.4 Å². The maximum absolute atomic E-state index is 7.99. The zero-order chi connectivity index (χ0) is 16.1. The molecule has 1 aliphatic heterocycles. The van der Waals surface area contributed by atoms with Crippen molar-refractivity contribution in [3.05, 3.63) is 66.2 Å². The molecule has 1 saturated heterocycles. The molecular weight excluding hydrogens is 302 g/mol. The lowest BCUT2D eigenvalue weighted by molar-refractivity contribution is 0.348. The number of nitrogens with zero attached hydrogens (tertiary/aromatic N) is 1. The van der Waals surface area contributed by atoms with Crippen LogP contribution >= 0.6 is 11.8 Å². The quantitative estimate of drug-likeness (QED) is 0.643. The summed E-state index contributed by atoms with van der Waals surface area (Å²) in [6, 6.07) is 21.3. The molecule has 3 nitrogen and oxygen atoms in total. The third-order valence-electron chi connectivity index (χ3n) is 4.35. The first-order valence-corrected chi connectivity index (χ1v) is 9.00. The largest absolute Gasteiger partial charge is 0.370 e. The molecule has 0 spiro atoms. The van der Waals surface area contributed by atoms with Gasteiger partial charge in [-0.2, -0.15) is 0 Å². The molecule has 4 heteroatoms. The molecule has 2 aromatic carbocycles. The number of benzene rings is 2. The highest BCUT2D eigenvalue weighted by Gasteiger charge is 2.34. The Balaban J connectivity index is 1.64. The van der Waals surface area contributed by atoms with Crippen molar-refractivity contribution in [1.82, 2.24) is 4.90 Å². The number of guanidine groups is 1. The monoisotopic (exact) mass is 325 g/mol. The number of aryl methyl sites for hydroxylation is 1. The summed E-state index contributed by atoms with van der Waals surface area (Å²) in [4.78, 5) is 3.35. The van der Waals surface area contributed by atoms with Gasteiger partial charge in [-0.15, -0.1) is 11.8 Å². The Morgan fingerprint density at radius 1 is 1.04 bits per heavy atom. The van der Waals surface area contributed by atoms with E-state index in [1.165, 1.54) is 10.5 Å². The Morgan fingerprint density at radius 3 is 2.35 bits per heavy atom. The number of likely N-dealkylation sites (tertiary alicyclic amines) is 1. The lowest BCUT2D eigenvalue weighted by Gasteiger charge is -2.30. The molecule has 3 N–H and O–H groups in total. The Kier molecular flexibility index (Phi) is 5.23. The molecule has 2 unspecified atom stereocenters. The molecule has 120 valence electrons. The van der Waals surface area contributed by atoms with Crippen LogP contribution in [0.1, 0.15) is 24.8 Å². The van der Waals surface area contributed by atoms with Gasteiger partial charge in [-0.1, -0.05) is 48.5 Å². The van der Waals surface area contributed by atoms with Gasteiger partial charge in [0, 0.05) is 10.9 Å². The van der Waals surface area contributed by atoms with Gasteiger partial charge in [0.25, 0.3) is 0 Å². The Labute approximate surface area is 142 Å². The predicted octanol–water partition coefficient (Wildman–Crippen LogP) is 4.10. The Morgan fingerprint density at radius 2 is 1.70 bits per heavy atom. The van der Waals surface area contributed by atoms with Crippen LogP contribution in [0.15, 0.2) is 65.6 Å². The number of hydrogen-bond donors (Lipinski definition) is 2. The third kappa shape index (κ3) is 4.08. The fraction of sp³-hybridized carbons (Fsp3) is 0.316. The van der Waals surface area contributed by atoms with Crippen LogP contribution in [0.2, 0.25) is 0 Å². The van der Waals surface area contributed by atoms with Gasteiger partial charge in [0.1, 0.15) is 0 Å². The van der Waals surface area contributed by atoms with Gasteiger partial charge in [0.15, 0.2) is 5.96 Å². The third-order valence-corrected chi connectivity index (χ3v) is 5.63. The van der Waals surface area contributed by atoms with Gasteiger partial charge in [-0.3, -0.25) is 5.41 Å². The van der Waals surface area contributed by atoms with Gasteiger partial charge in [-0.25, -0.2) is 0 Å². The van der Waals surface area contributed by atoms with E-state index in [0.717, 1.165) is 25.7 Å². The van der Waals surface area contributed by atoms with Gasteiger partial charge in [0.2, 0.25) is 0 Å². The highest BCUT2D eigenvalue weighted by Crippen LogP contribution is 2.37. The topological polar surface area (TPSA) is 53.1 Å². The summed E-state index contributed by atoms with van der Waals surface area (Å²) >= 11 is 1.82. The molecule has 1 aliphatic rings. The molecule has 23 heavy (non-hydrogen) atoms. The number of rotatable bonds is 5. The van der Waals surface area contributed by atoms with Crippen molar-refractivity contribution in [3.8, 4) is 0 Å². The molecule has 0 saturated carbocycles. The lowest BCUT2D eigenvalue weighted by Crippen LogP contribution is -2.44. The molecule has 1 fully saturated rings. The smallest absolute Gasteiger partial charge is 0.189 e. The van der Waals surface area contributed by atoms with Crippen molar-refractivity contribution >= 4 is 17.7 Å². The van der Waals surface area contributed by atoms with Gasteiger partial charge in [0.05, 0.1) is 5.37 Å². The Hall–Kier alpha value is -1.94. The standard InChI is InChI=1S/C19H23N3S/c20-19(21)22-16(12-11-15-7-3-1-4-8-15)13-14-18(22)23-17-9-5-2-6-10-17/h1-10,16,18H,11-14H2,(H3,20,21). The van der Waals surface area contributed by atoms with E-state index in [-0.39, 0.29) is 11.3 Å². The first-order chi connectivity index (χ1) is 11.2. The van der Waals surface area contributed by atoms with Crippen molar-refractivity contribution in [2.24, 2.45) is 5.73 Å². The van der Waals surface area contributed by atoms with E-state index in [9.17, 15) is 0 Å². The maximum Gasteiger partial charge on any atom is 0.189 e. The molecule has 0 amide bonds. The second kappa shape index (κ2) is 7.55. The lowest BCUT2D eigenvalue weighted by atomic mass is 10.0. The molecule has 3 rings (SSSR count). The first-order valence-electron chi connectivity index (χ1n) is 8.12. The summed E-state index contributed by atoms with van der Waals surface area (Å²) in [6.07, 6.45) is 4.28. The summed E-state index contributed by atoms with van der Waals surface area (Å²) in [5, 5.41) is 8.27. The number of nitrogens with two attached hydrogens (primary N) is 1. The summed E-state index contributed by atoms with van der Waals surface area (Å²) in [5.41, 5.74) is 7.25. The minimum Gasteiger partial charge on any atom is -0.370 e. The average molecular weight is 325 g/mol. The van der Waals surface area contributed by atoms with Crippen molar-refractivity contribution in [2.45, 2.75) is 42.0 Å². The highest BCUT2D eigenvalue weighted by molar-refractivity contribution is 7.99. The summed E-state index contributed by atoms with van der Waals surface area (Å²) in [5.74, 6) is 0.203. The first kappa shape index (κ1) is 15.9. The van der Waals surface area contributed by atoms with E-state index in [1.54, 1.807) is 0 Å². The van der Waals surface area contributed by atoms with Crippen molar-refractivity contribution in [3.63, 3.8) is 0 Å². The van der Waals surface area contributed by atoms with Crippen molar-refractivity contribution < 1.29 is 0 Å². The van der Waals surface area contributed by atoms with Gasteiger partial charge >= 0.3 is 0 Å². The number of thioether (sulfide) groups is 1. The number of nitrogens with one attached hydrogen (secondary N) is 1. The normalized spacial score (nSPS) is 20.6. The average Bonchev–Trinajstić information content (AvgIpc) is 2.98. The van der Waals surface area contributed by atoms with Crippen LogP contribution < -0.4 is 5.73 Å².